The van der Waals surface area contributed by atoms with Crippen molar-refractivity contribution in [1.82, 2.24) is 9.78 Å². The van der Waals surface area contributed by atoms with Gasteiger partial charge in [0.25, 0.3) is 5.91 Å². The van der Waals surface area contributed by atoms with Crippen LogP contribution in [0.15, 0.2) is 60.2 Å². The van der Waals surface area contributed by atoms with Crippen LogP contribution in [0.2, 0.25) is 10.0 Å². The highest BCUT2D eigenvalue weighted by Gasteiger charge is 2.12. The maximum atomic E-state index is 12.6. The van der Waals surface area contributed by atoms with Gasteiger partial charge in [-0.2, -0.15) is 5.10 Å². The molecule has 4 rings (SSSR count). The van der Waals surface area contributed by atoms with E-state index in [0.717, 1.165) is 28.0 Å². The fourth-order valence-corrected chi connectivity index (χ4v) is 4.40. The number of benzene rings is 2. The van der Waals surface area contributed by atoms with Gasteiger partial charge in [-0.15, -0.1) is 11.3 Å². The maximum Gasteiger partial charge on any atom is 0.265 e. The number of aromatic nitrogens is 2. The SMILES string of the molecule is Cc1cc(C)cc(OCc2csc(C(=O)Nc3cnn(Cc4ccc(Cl)c(Cl)c4)c3)c2)c1. The molecule has 2 aromatic heterocycles. The van der Waals surface area contributed by atoms with Gasteiger partial charge in [0.05, 0.1) is 33.4 Å². The van der Waals surface area contributed by atoms with Crippen molar-refractivity contribution in [1.29, 1.82) is 0 Å². The lowest BCUT2D eigenvalue weighted by Gasteiger charge is -2.07. The molecule has 8 heteroatoms. The molecule has 0 spiro atoms. The standard InChI is InChI=1S/C24H21Cl2N3O2S/c1-15-5-16(2)7-20(6-15)31-13-18-9-23(32-14-18)24(30)28-19-10-27-29(12-19)11-17-3-4-21(25)22(26)8-17/h3-10,12,14H,11,13H2,1-2H3,(H,28,30). The third-order valence-electron chi connectivity index (χ3n) is 4.70. The quantitative estimate of drug-likeness (QED) is 0.315. The van der Waals surface area contributed by atoms with Gasteiger partial charge in [-0.3, -0.25) is 9.48 Å². The van der Waals surface area contributed by atoms with E-state index in [2.05, 4.69) is 16.5 Å². The minimum Gasteiger partial charge on any atom is -0.489 e. The summed E-state index contributed by atoms with van der Waals surface area (Å²) in [6, 6.07) is 13.4. The second-order valence-corrected chi connectivity index (χ2v) is 9.29. The maximum absolute atomic E-state index is 12.6. The van der Waals surface area contributed by atoms with E-state index < -0.39 is 0 Å². The highest BCUT2D eigenvalue weighted by Crippen LogP contribution is 2.24. The van der Waals surface area contributed by atoms with Gasteiger partial charge in [0.1, 0.15) is 12.4 Å². The molecule has 0 atom stereocenters. The number of aryl methyl sites for hydroxylation is 2. The Balaban J connectivity index is 1.34. The predicted molar refractivity (Wildman–Crippen MR) is 130 cm³/mol. The summed E-state index contributed by atoms with van der Waals surface area (Å²) in [5.41, 5.74) is 4.85. The van der Waals surface area contributed by atoms with E-state index in [-0.39, 0.29) is 5.91 Å². The van der Waals surface area contributed by atoms with E-state index in [1.807, 2.05) is 43.5 Å². The predicted octanol–water partition coefficient (Wildman–Crippen LogP) is 6.75. The van der Waals surface area contributed by atoms with E-state index in [4.69, 9.17) is 27.9 Å². The Labute approximate surface area is 200 Å². The van der Waals surface area contributed by atoms with E-state index >= 15 is 0 Å². The molecular weight excluding hydrogens is 465 g/mol. The van der Waals surface area contributed by atoms with Gasteiger partial charge in [0.15, 0.2) is 0 Å². The van der Waals surface area contributed by atoms with E-state index in [9.17, 15) is 4.79 Å². The number of amides is 1. The van der Waals surface area contributed by atoms with Gasteiger partial charge in [0.2, 0.25) is 0 Å². The van der Waals surface area contributed by atoms with Crippen molar-refractivity contribution in [2.75, 3.05) is 5.32 Å². The Kier molecular flexibility index (Phi) is 6.84. The van der Waals surface area contributed by atoms with Gasteiger partial charge in [-0.1, -0.05) is 35.3 Å². The molecule has 32 heavy (non-hydrogen) atoms. The molecular formula is C24H21Cl2N3O2S. The minimum atomic E-state index is -0.179. The molecule has 4 aromatic rings. The van der Waals surface area contributed by atoms with Crippen LogP contribution < -0.4 is 10.1 Å². The summed E-state index contributed by atoms with van der Waals surface area (Å²) in [6.45, 7) is 5.01. The molecule has 0 fully saturated rings. The number of carbonyl (C=O) groups excluding carboxylic acids is 1. The molecule has 1 N–H and O–H groups in total. The van der Waals surface area contributed by atoms with Crippen molar-refractivity contribution < 1.29 is 9.53 Å². The summed E-state index contributed by atoms with van der Waals surface area (Å²) in [5.74, 6) is 0.649. The van der Waals surface area contributed by atoms with Gasteiger partial charge in [-0.05, 0) is 66.2 Å². The minimum absolute atomic E-state index is 0.179. The lowest BCUT2D eigenvalue weighted by molar-refractivity contribution is 0.103. The number of thiophene rings is 1. The van der Waals surface area contributed by atoms with Crippen LogP contribution in [0.4, 0.5) is 5.69 Å². The van der Waals surface area contributed by atoms with E-state index in [0.29, 0.717) is 33.8 Å². The molecule has 0 radical (unpaired) electrons. The second-order valence-electron chi connectivity index (χ2n) is 7.56. The summed E-state index contributed by atoms with van der Waals surface area (Å²) in [6.07, 6.45) is 3.39. The summed E-state index contributed by atoms with van der Waals surface area (Å²) >= 11 is 13.4. The summed E-state index contributed by atoms with van der Waals surface area (Å²) in [5, 5.41) is 10.1. The molecule has 0 aliphatic rings. The Morgan fingerprint density at radius 2 is 1.84 bits per heavy atom. The fourth-order valence-electron chi connectivity index (χ4n) is 3.29. The summed E-state index contributed by atoms with van der Waals surface area (Å²) in [4.78, 5) is 13.2. The number of anilines is 1. The lowest BCUT2D eigenvalue weighted by atomic mass is 10.1. The second kappa shape index (κ2) is 9.77. The van der Waals surface area contributed by atoms with Crippen molar-refractivity contribution in [2.24, 2.45) is 0 Å². The van der Waals surface area contributed by atoms with Crippen LogP contribution in [-0.2, 0) is 13.2 Å². The first kappa shape index (κ1) is 22.4. The highest BCUT2D eigenvalue weighted by molar-refractivity contribution is 7.12. The molecule has 0 aliphatic heterocycles. The monoisotopic (exact) mass is 485 g/mol. The molecule has 0 aliphatic carbocycles. The van der Waals surface area contributed by atoms with Gasteiger partial charge >= 0.3 is 0 Å². The van der Waals surface area contributed by atoms with Crippen molar-refractivity contribution >= 4 is 46.1 Å². The number of carbonyl (C=O) groups is 1. The number of hydrogen-bond donors (Lipinski definition) is 1. The van der Waals surface area contributed by atoms with Crippen LogP contribution in [0, 0.1) is 13.8 Å². The number of ether oxygens (including phenoxy) is 1. The molecule has 0 bridgehead atoms. The lowest BCUT2D eigenvalue weighted by Crippen LogP contribution is -2.09. The van der Waals surface area contributed by atoms with E-state index in [1.54, 1.807) is 29.2 Å². The average molecular weight is 486 g/mol. The van der Waals surface area contributed by atoms with Gasteiger partial charge in [0, 0.05) is 11.8 Å². The molecule has 5 nitrogen and oxygen atoms in total. The third-order valence-corrected chi connectivity index (χ3v) is 6.41. The zero-order valence-corrected chi connectivity index (χ0v) is 19.9. The van der Waals surface area contributed by atoms with Gasteiger partial charge in [-0.25, -0.2) is 0 Å². The van der Waals surface area contributed by atoms with E-state index in [1.165, 1.54) is 11.3 Å². The number of halogens is 2. The van der Waals surface area contributed by atoms with Crippen LogP contribution in [0.5, 0.6) is 5.75 Å². The summed E-state index contributed by atoms with van der Waals surface area (Å²) in [7, 11) is 0. The zero-order chi connectivity index (χ0) is 22.7. The van der Waals surface area contributed by atoms with Crippen LogP contribution in [0.3, 0.4) is 0 Å². The Morgan fingerprint density at radius 1 is 1.06 bits per heavy atom. The first-order chi connectivity index (χ1) is 15.4. The number of nitrogens with one attached hydrogen (secondary N) is 1. The number of hydrogen-bond acceptors (Lipinski definition) is 4. The molecule has 0 saturated carbocycles. The van der Waals surface area contributed by atoms with Crippen molar-refractivity contribution in [3.63, 3.8) is 0 Å². The van der Waals surface area contributed by atoms with Gasteiger partial charge < -0.3 is 10.1 Å². The average Bonchev–Trinajstić information content (AvgIpc) is 3.38. The van der Waals surface area contributed by atoms with Crippen molar-refractivity contribution in [2.45, 2.75) is 27.0 Å². The fraction of sp³-hybridized carbons (Fsp3) is 0.167. The smallest absolute Gasteiger partial charge is 0.265 e. The van der Waals surface area contributed by atoms with Crippen LogP contribution in [-0.4, -0.2) is 15.7 Å². The molecule has 2 heterocycles. The summed E-state index contributed by atoms with van der Waals surface area (Å²) < 4.78 is 7.61. The molecule has 0 saturated heterocycles. The third kappa shape index (κ3) is 5.71. The first-order valence-corrected chi connectivity index (χ1v) is 11.6. The Bertz CT molecular complexity index is 1250. The first-order valence-electron chi connectivity index (χ1n) is 9.92. The topological polar surface area (TPSA) is 56.1 Å². The normalized spacial score (nSPS) is 10.9. The Morgan fingerprint density at radius 3 is 2.59 bits per heavy atom. The molecule has 164 valence electrons. The highest BCUT2D eigenvalue weighted by atomic mass is 35.5. The van der Waals surface area contributed by atoms with Crippen LogP contribution in [0.25, 0.3) is 0 Å². The van der Waals surface area contributed by atoms with Crippen molar-refractivity contribution in [3.8, 4) is 5.75 Å². The molecule has 0 unspecified atom stereocenters. The molecule has 2 aromatic carbocycles. The van der Waals surface area contributed by atoms with Crippen molar-refractivity contribution in [3.05, 3.63) is 97.4 Å². The van der Waals surface area contributed by atoms with Crippen LogP contribution >= 0.6 is 34.5 Å². The van der Waals surface area contributed by atoms with Crippen LogP contribution in [0.1, 0.15) is 31.9 Å². The molecule has 1 amide bonds. The Hall–Kier alpha value is -2.80. The largest absolute Gasteiger partial charge is 0.489 e. The zero-order valence-electron chi connectivity index (χ0n) is 17.6. The number of rotatable bonds is 7. The number of nitrogens with zero attached hydrogens (tertiary/aromatic N) is 2.